The van der Waals surface area contributed by atoms with E-state index in [0.717, 1.165) is 11.8 Å². The Labute approximate surface area is 724 Å². The molecule has 1 fully saturated rings. The Hall–Kier alpha value is -13.7. The van der Waals surface area contributed by atoms with E-state index in [9.17, 15) is 122 Å². The molecular formula is C83H114N18O25. The van der Waals surface area contributed by atoms with Gasteiger partial charge in [-0.1, -0.05) is 119 Å². The summed E-state index contributed by atoms with van der Waals surface area (Å²) in [7, 11) is 0. The molecule has 126 heavy (non-hydrogen) atoms. The van der Waals surface area contributed by atoms with Gasteiger partial charge in [0.05, 0.1) is 44.2 Å². The van der Waals surface area contributed by atoms with Crippen molar-refractivity contribution in [3.8, 4) is 11.5 Å². The zero-order valence-electron chi connectivity index (χ0n) is 70.2. The number of aliphatic carboxylic acids is 3. The summed E-state index contributed by atoms with van der Waals surface area (Å²) in [6.45, 7) is 7.84. The Bertz CT molecular complexity index is 4490. The SMILES string of the molecule is CC(C)C[C@H](NC(=O)[C@H](Cc1ccc(O)cc1)NC(=O)[C@@H](NC(=O)[C@H](CC(N)=O)NC(=O)[C@H](CC(=O)O)NC(=O)[C@H](Cc1ccccc1)NC(=O)[C@H](CC(N)=O)NC(=O)[C@H](CC(C)C)NC(=O)[C@H](CC(=O)O)NC(=O)[C@@H]1CCCN1C(=O)[C@H](Cc1ccc(O)cc1)NC(=O)[C@@H](N)CCCCN)[C@@H](C)O)C(=O)N[C@@H](Cc1ccccc1)C(=O)N[C@@H](CC(N)=O)C(=O)O. The molecule has 1 aliphatic heterocycles. The van der Waals surface area contributed by atoms with Crippen molar-refractivity contribution in [3.05, 3.63) is 131 Å². The number of hydrogen-bond acceptors (Lipinski definition) is 24. The van der Waals surface area contributed by atoms with Crippen LogP contribution >= 0.6 is 0 Å². The van der Waals surface area contributed by atoms with Gasteiger partial charge in [-0.2, -0.15) is 0 Å². The van der Waals surface area contributed by atoms with E-state index >= 15 is 0 Å². The number of carbonyl (C=O) groups is 19. The molecule has 1 heterocycles. The van der Waals surface area contributed by atoms with E-state index in [4.69, 9.17) is 28.7 Å². The topological polar surface area (TPSA) is 723 Å². The zero-order valence-corrected chi connectivity index (χ0v) is 70.2. The number of aliphatic hydroxyl groups is 1. The molecule has 43 heteroatoms. The minimum absolute atomic E-state index is 0.00196. The molecule has 0 aliphatic carbocycles. The van der Waals surface area contributed by atoms with E-state index in [1.807, 2.05) is 0 Å². The van der Waals surface area contributed by atoms with Gasteiger partial charge in [0.2, 0.25) is 94.5 Å². The van der Waals surface area contributed by atoms with Gasteiger partial charge in [-0.25, -0.2) is 4.79 Å². The van der Waals surface area contributed by atoms with Crippen molar-refractivity contribution in [1.82, 2.24) is 68.7 Å². The van der Waals surface area contributed by atoms with Crippen molar-refractivity contribution in [2.24, 2.45) is 40.5 Å². The Morgan fingerprint density at radius 1 is 0.381 bits per heavy atom. The van der Waals surface area contributed by atoms with Gasteiger partial charge >= 0.3 is 17.9 Å². The predicted octanol–water partition coefficient (Wildman–Crippen LogP) is -5.23. The normalized spacial score (nSPS) is 15.7. The van der Waals surface area contributed by atoms with Crippen LogP contribution in [0.15, 0.2) is 109 Å². The average Bonchev–Trinajstić information content (AvgIpc) is 1.63. The highest BCUT2D eigenvalue weighted by molar-refractivity contribution is 6.03. The fourth-order valence-corrected chi connectivity index (χ4v) is 13.4. The van der Waals surface area contributed by atoms with Gasteiger partial charge in [0.25, 0.3) is 0 Å². The number of likely N-dealkylation sites (tertiary alicyclic amines) is 1. The van der Waals surface area contributed by atoms with Crippen LogP contribution < -0.4 is 92.5 Å². The number of unbranched alkanes of at least 4 members (excludes halogenated alkanes) is 1. The number of carbonyl (C=O) groups excluding carboxylic acids is 16. The second kappa shape index (κ2) is 50.8. The molecule has 0 spiro atoms. The Morgan fingerprint density at radius 3 is 1.07 bits per heavy atom. The summed E-state index contributed by atoms with van der Waals surface area (Å²) >= 11 is 0. The van der Waals surface area contributed by atoms with Crippen LogP contribution in [0, 0.1) is 11.8 Å². The third-order valence-corrected chi connectivity index (χ3v) is 19.8. The molecule has 686 valence electrons. The standard InChI is InChI=1S/C83H114N18O25/c1-42(2)31-52(71(113)91-55(34-46-17-10-7-11-18-46)75(117)99-62(83(125)126)39-66(88)107)89-74(116)56(35-47-21-25-49(103)26-22-47)97-81(123)69(44(5)102)100-79(121)58(38-65(87)106)94-77(119)59(40-67(108)109)95-73(115)54(33-45-15-8-6-9-16-45)92-76(118)57(37-64(86)105)93-72(114)53(32-43(3)4)90-78(120)60(41-68(110)111)96-80(122)63-20-14-30-101(63)82(124)61(36-48-23-27-50(104)28-24-48)98-70(112)51(85)19-12-13-29-84/h6-11,15-18,21-28,42-44,51-63,69,102-104H,12-14,19-20,29-41,84-85H2,1-5H3,(H2,86,105)(H2,87,106)(H2,88,107)(H,89,116)(H,90,120)(H,91,113)(H,92,118)(H,93,114)(H,94,119)(H,95,115)(H,96,122)(H,97,123)(H,98,112)(H,99,117)(H,100,121)(H,108,109)(H,110,111)(H,125,126)/t44-,51+,52+,53+,54+,55+,56+,57+,58+,59+,60+,61+,62+,63+,69+/m1/s1. The molecular weight excluding hydrogens is 1650 g/mol. The number of aliphatic hydroxyl groups excluding tert-OH is 1. The molecule has 5 rings (SSSR count). The number of nitrogens with one attached hydrogen (secondary N) is 12. The van der Waals surface area contributed by atoms with Crippen LogP contribution in [-0.4, -0.2) is 252 Å². The van der Waals surface area contributed by atoms with Gasteiger partial charge in [0.15, 0.2) is 0 Å². The first-order chi connectivity index (χ1) is 59.4. The third-order valence-electron chi connectivity index (χ3n) is 19.8. The van der Waals surface area contributed by atoms with E-state index in [1.54, 1.807) is 64.1 Å². The Morgan fingerprint density at radius 2 is 0.698 bits per heavy atom. The number of carboxylic acids is 3. The van der Waals surface area contributed by atoms with Crippen molar-refractivity contribution < 1.29 is 122 Å². The van der Waals surface area contributed by atoms with Gasteiger partial charge in [-0.05, 0) is 110 Å². The average molecular weight is 1760 g/mol. The maximum absolute atomic E-state index is 14.7. The fraction of sp³-hybridized carbons (Fsp3) is 0.482. The second-order valence-electron chi connectivity index (χ2n) is 31.4. The van der Waals surface area contributed by atoms with Crippen LogP contribution in [-0.2, 0) is 117 Å². The van der Waals surface area contributed by atoms with Crippen molar-refractivity contribution in [2.45, 2.75) is 228 Å². The molecule has 0 aromatic heterocycles. The van der Waals surface area contributed by atoms with Crippen LogP contribution in [0.3, 0.4) is 0 Å². The number of nitrogens with zero attached hydrogens (tertiary/aromatic N) is 1. The molecule has 0 bridgehead atoms. The lowest BCUT2D eigenvalue weighted by Gasteiger charge is -2.30. The van der Waals surface area contributed by atoms with Crippen LogP contribution in [0.5, 0.6) is 11.5 Å². The first kappa shape index (κ1) is 103. The largest absolute Gasteiger partial charge is 0.508 e. The number of primary amides is 3. The molecule has 43 nitrogen and oxygen atoms in total. The van der Waals surface area contributed by atoms with Gasteiger partial charge in [-0.3, -0.25) is 86.3 Å². The van der Waals surface area contributed by atoms with E-state index in [-0.39, 0.29) is 74.1 Å². The summed E-state index contributed by atoms with van der Waals surface area (Å²) in [5.41, 5.74) is 29.7. The lowest BCUT2D eigenvalue weighted by molar-refractivity contribution is -0.144. The van der Waals surface area contributed by atoms with Gasteiger partial charge in [-0.15, -0.1) is 0 Å². The number of nitrogens with two attached hydrogens (primary N) is 5. The number of phenolic OH excluding ortho intramolecular Hbond substituents is 2. The molecule has 1 aliphatic rings. The van der Waals surface area contributed by atoms with Crippen LogP contribution in [0.25, 0.3) is 0 Å². The lowest BCUT2D eigenvalue weighted by Crippen LogP contribution is -2.63. The molecule has 28 N–H and O–H groups in total. The van der Waals surface area contributed by atoms with E-state index < -0.39 is 260 Å². The predicted molar refractivity (Wildman–Crippen MR) is 447 cm³/mol. The summed E-state index contributed by atoms with van der Waals surface area (Å²) in [5, 5.41) is 89.5. The highest BCUT2D eigenvalue weighted by atomic mass is 16.4. The van der Waals surface area contributed by atoms with E-state index in [0.29, 0.717) is 30.5 Å². The number of benzene rings is 4. The van der Waals surface area contributed by atoms with Gasteiger partial charge in [0, 0.05) is 32.2 Å². The molecule has 16 amide bonds. The van der Waals surface area contributed by atoms with Gasteiger partial charge in [0.1, 0.15) is 90.0 Å². The van der Waals surface area contributed by atoms with Crippen molar-refractivity contribution in [1.29, 1.82) is 0 Å². The van der Waals surface area contributed by atoms with Crippen LogP contribution in [0.1, 0.15) is 134 Å². The molecule has 1 saturated heterocycles. The summed E-state index contributed by atoms with van der Waals surface area (Å²) in [5.74, 6) is -25.0. The minimum atomic E-state index is -2.26. The summed E-state index contributed by atoms with van der Waals surface area (Å²) in [6, 6.07) is 1.90. The monoisotopic (exact) mass is 1760 g/mol. The maximum Gasteiger partial charge on any atom is 0.326 e. The maximum atomic E-state index is 14.7. The van der Waals surface area contributed by atoms with E-state index in [2.05, 4.69) is 63.8 Å². The lowest BCUT2D eigenvalue weighted by atomic mass is 9.99. The molecule has 0 radical (unpaired) electrons. The summed E-state index contributed by atoms with van der Waals surface area (Å²) in [6.07, 6.45) is -7.59. The first-order valence-electron chi connectivity index (χ1n) is 40.7. The molecule has 4 aromatic carbocycles. The van der Waals surface area contributed by atoms with E-state index in [1.165, 1.54) is 72.8 Å². The van der Waals surface area contributed by atoms with Crippen molar-refractivity contribution in [2.75, 3.05) is 13.1 Å². The third kappa shape index (κ3) is 35.3. The molecule has 0 unspecified atom stereocenters. The second-order valence-corrected chi connectivity index (χ2v) is 31.4. The highest BCUT2D eigenvalue weighted by Crippen LogP contribution is 2.23. The number of hydrogen-bond donors (Lipinski definition) is 23. The number of rotatable bonds is 53. The van der Waals surface area contributed by atoms with Crippen LogP contribution in [0.2, 0.25) is 0 Å². The minimum Gasteiger partial charge on any atom is -0.508 e. The fourth-order valence-electron chi connectivity index (χ4n) is 13.4. The van der Waals surface area contributed by atoms with Crippen molar-refractivity contribution >= 4 is 112 Å². The first-order valence-corrected chi connectivity index (χ1v) is 40.7. The number of aromatic hydroxyl groups is 2. The number of phenols is 2. The molecule has 4 aromatic rings. The smallest absolute Gasteiger partial charge is 0.326 e. The number of amides is 16. The van der Waals surface area contributed by atoms with Crippen LogP contribution in [0.4, 0.5) is 0 Å². The summed E-state index contributed by atoms with van der Waals surface area (Å²) < 4.78 is 0. The molecule has 0 saturated carbocycles. The molecule has 15 atom stereocenters. The number of carboxylic acid groups (broad SMARTS) is 3. The highest BCUT2D eigenvalue weighted by Gasteiger charge is 2.43. The van der Waals surface area contributed by atoms with Crippen molar-refractivity contribution in [3.63, 3.8) is 0 Å². The Kier molecular flexibility index (Phi) is 41.4. The zero-order chi connectivity index (χ0) is 93.8. The summed E-state index contributed by atoms with van der Waals surface area (Å²) in [4.78, 5) is 262. The van der Waals surface area contributed by atoms with Gasteiger partial charge < -0.3 is 128 Å². The Balaban J connectivity index is 1.38. The quantitative estimate of drug-likeness (QED) is 0.0184.